The van der Waals surface area contributed by atoms with Crippen LogP contribution in [0.1, 0.15) is 24.8 Å². The highest BCUT2D eigenvalue weighted by Crippen LogP contribution is 2.40. The fraction of sp³-hybridized carbons (Fsp3) is 0.615. The molecule has 3 rings (SSSR count). The predicted octanol–water partition coefficient (Wildman–Crippen LogP) is 1.78. The van der Waals surface area contributed by atoms with Crippen molar-refractivity contribution >= 4 is 5.69 Å². The van der Waals surface area contributed by atoms with Crippen molar-refractivity contribution in [3.8, 4) is 0 Å². The molecule has 1 aliphatic carbocycles. The topological polar surface area (TPSA) is 42.1 Å². The number of anilines is 1. The van der Waals surface area contributed by atoms with Crippen molar-refractivity contribution in [1.29, 1.82) is 0 Å². The van der Waals surface area contributed by atoms with Gasteiger partial charge in [-0.2, -0.15) is 0 Å². The van der Waals surface area contributed by atoms with E-state index in [2.05, 4.69) is 16.0 Å². The lowest BCUT2D eigenvalue weighted by Gasteiger charge is -2.22. The fourth-order valence-electron chi connectivity index (χ4n) is 3.32. The Bertz CT molecular complexity index is 365. The maximum atomic E-state index is 5.77. The second kappa shape index (κ2) is 4.06. The molecule has 2 aliphatic rings. The van der Waals surface area contributed by atoms with Crippen LogP contribution in [0.5, 0.6) is 0 Å². The Morgan fingerprint density at radius 3 is 2.75 bits per heavy atom. The van der Waals surface area contributed by atoms with Crippen molar-refractivity contribution in [2.45, 2.75) is 25.8 Å². The maximum Gasteiger partial charge on any atom is 0.0442 e. The largest absolute Gasteiger partial charge is 0.371 e. The number of hydrogen-bond donors (Lipinski definition) is 1. The Morgan fingerprint density at radius 1 is 1.31 bits per heavy atom. The van der Waals surface area contributed by atoms with Crippen molar-refractivity contribution in [2.24, 2.45) is 17.6 Å². The zero-order valence-corrected chi connectivity index (χ0v) is 9.60. The zero-order chi connectivity index (χ0) is 11.0. The summed E-state index contributed by atoms with van der Waals surface area (Å²) in [5.74, 6) is 1.86. The lowest BCUT2D eigenvalue weighted by molar-refractivity contribution is 0.494. The van der Waals surface area contributed by atoms with Crippen LogP contribution >= 0.6 is 0 Å². The Labute approximate surface area is 96.7 Å². The Hall–Kier alpha value is -1.09. The first-order chi connectivity index (χ1) is 7.88. The highest BCUT2D eigenvalue weighted by atomic mass is 15.2. The van der Waals surface area contributed by atoms with E-state index in [9.17, 15) is 0 Å². The van der Waals surface area contributed by atoms with Crippen molar-refractivity contribution < 1.29 is 0 Å². The Kier molecular flexibility index (Phi) is 2.56. The summed E-state index contributed by atoms with van der Waals surface area (Å²) < 4.78 is 0. The number of aromatic nitrogens is 1. The van der Waals surface area contributed by atoms with E-state index in [1.54, 1.807) is 0 Å². The molecule has 0 radical (unpaired) electrons. The molecule has 1 aromatic rings. The molecule has 3 nitrogen and oxygen atoms in total. The molecule has 2 fully saturated rings. The number of rotatable bonds is 2. The molecule has 1 aromatic heterocycles. The van der Waals surface area contributed by atoms with E-state index in [-0.39, 0.29) is 0 Å². The quantitative estimate of drug-likeness (QED) is 0.821. The zero-order valence-electron chi connectivity index (χ0n) is 9.60. The van der Waals surface area contributed by atoms with E-state index in [1.165, 1.54) is 43.6 Å². The molecule has 2 heterocycles. The van der Waals surface area contributed by atoms with Gasteiger partial charge in [-0.3, -0.25) is 4.98 Å². The summed E-state index contributed by atoms with van der Waals surface area (Å²) in [7, 11) is 0. The first-order valence-electron chi connectivity index (χ1n) is 6.26. The molecule has 16 heavy (non-hydrogen) atoms. The molecule has 2 N–H and O–H groups in total. The minimum Gasteiger partial charge on any atom is -0.371 e. The molecule has 2 atom stereocenters. The molecule has 2 unspecified atom stereocenters. The van der Waals surface area contributed by atoms with Crippen LogP contribution in [-0.4, -0.2) is 18.1 Å². The molecule has 86 valence electrons. The van der Waals surface area contributed by atoms with Crippen molar-refractivity contribution in [3.63, 3.8) is 0 Å². The van der Waals surface area contributed by atoms with Crippen molar-refractivity contribution in [2.75, 3.05) is 18.0 Å². The van der Waals surface area contributed by atoms with Gasteiger partial charge < -0.3 is 10.6 Å². The van der Waals surface area contributed by atoms with Crippen LogP contribution in [0.3, 0.4) is 0 Å². The van der Waals surface area contributed by atoms with Gasteiger partial charge in [0.2, 0.25) is 0 Å². The number of nitrogens with two attached hydrogens (primary N) is 1. The van der Waals surface area contributed by atoms with E-state index in [0.29, 0.717) is 6.54 Å². The van der Waals surface area contributed by atoms with Crippen LogP contribution in [-0.2, 0) is 6.54 Å². The number of fused-ring (bicyclic) bond motifs is 1. The minimum atomic E-state index is 0.592. The van der Waals surface area contributed by atoms with Gasteiger partial charge in [-0.15, -0.1) is 0 Å². The van der Waals surface area contributed by atoms with Gasteiger partial charge in [0.25, 0.3) is 0 Å². The highest BCUT2D eigenvalue weighted by Gasteiger charge is 2.36. The molecule has 0 amide bonds. The highest BCUT2D eigenvalue weighted by molar-refractivity contribution is 5.53. The number of pyridine rings is 1. The standard InChI is InChI=1S/C13H19N3/c14-6-12-7-15-5-4-13(12)16-8-10-2-1-3-11(10)9-16/h4-5,7,10-11H,1-3,6,8-9,14H2. The van der Waals surface area contributed by atoms with E-state index in [0.717, 1.165) is 11.8 Å². The smallest absolute Gasteiger partial charge is 0.0442 e. The predicted molar refractivity (Wildman–Crippen MR) is 65.2 cm³/mol. The van der Waals surface area contributed by atoms with Gasteiger partial charge in [-0.1, -0.05) is 6.42 Å². The average molecular weight is 217 g/mol. The monoisotopic (exact) mass is 217 g/mol. The third-order valence-corrected chi connectivity index (χ3v) is 4.16. The third kappa shape index (κ3) is 1.59. The number of nitrogens with zero attached hydrogens (tertiary/aromatic N) is 2. The summed E-state index contributed by atoms with van der Waals surface area (Å²) >= 11 is 0. The lowest BCUT2D eigenvalue weighted by atomic mass is 10.0. The van der Waals surface area contributed by atoms with E-state index < -0.39 is 0 Å². The van der Waals surface area contributed by atoms with E-state index >= 15 is 0 Å². The van der Waals surface area contributed by atoms with Gasteiger partial charge in [-0.05, 0) is 30.7 Å². The molecule has 0 bridgehead atoms. The molecule has 0 aromatic carbocycles. The van der Waals surface area contributed by atoms with Gasteiger partial charge >= 0.3 is 0 Å². The SMILES string of the molecule is NCc1cnccc1N1CC2CCCC2C1. The van der Waals surface area contributed by atoms with Crippen molar-refractivity contribution in [3.05, 3.63) is 24.0 Å². The maximum absolute atomic E-state index is 5.77. The molecule has 1 aliphatic heterocycles. The molecule has 3 heteroatoms. The summed E-state index contributed by atoms with van der Waals surface area (Å²) in [5, 5.41) is 0. The molecular weight excluding hydrogens is 198 g/mol. The first kappa shape index (κ1) is 10.1. The van der Waals surface area contributed by atoms with Gasteiger partial charge in [0.05, 0.1) is 0 Å². The first-order valence-corrected chi connectivity index (χ1v) is 6.26. The second-order valence-corrected chi connectivity index (χ2v) is 5.06. The molecular formula is C13H19N3. The van der Waals surface area contributed by atoms with Crippen molar-refractivity contribution in [1.82, 2.24) is 4.98 Å². The van der Waals surface area contributed by atoms with Crippen LogP contribution in [0.4, 0.5) is 5.69 Å². The average Bonchev–Trinajstić information content (AvgIpc) is 2.89. The van der Waals surface area contributed by atoms with E-state index in [1.807, 2.05) is 12.4 Å². The summed E-state index contributed by atoms with van der Waals surface area (Å²) in [5.41, 5.74) is 8.26. The Balaban J connectivity index is 1.83. The number of hydrogen-bond acceptors (Lipinski definition) is 3. The summed E-state index contributed by atoms with van der Waals surface area (Å²) in [6, 6.07) is 2.11. The van der Waals surface area contributed by atoms with E-state index in [4.69, 9.17) is 5.73 Å². The second-order valence-electron chi connectivity index (χ2n) is 5.06. The van der Waals surface area contributed by atoms with Crippen LogP contribution in [0.15, 0.2) is 18.5 Å². The van der Waals surface area contributed by atoms with Crippen LogP contribution in [0.25, 0.3) is 0 Å². The lowest BCUT2D eigenvalue weighted by Crippen LogP contribution is -2.22. The van der Waals surface area contributed by atoms with Crippen LogP contribution < -0.4 is 10.6 Å². The fourth-order valence-corrected chi connectivity index (χ4v) is 3.32. The van der Waals surface area contributed by atoms with Crippen LogP contribution in [0.2, 0.25) is 0 Å². The van der Waals surface area contributed by atoms with Gasteiger partial charge in [-0.25, -0.2) is 0 Å². The van der Waals surface area contributed by atoms with Gasteiger partial charge in [0.1, 0.15) is 0 Å². The molecule has 1 saturated carbocycles. The molecule has 0 spiro atoms. The summed E-state index contributed by atoms with van der Waals surface area (Å²) in [6.45, 7) is 3.04. The summed E-state index contributed by atoms with van der Waals surface area (Å²) in [4.78, 5) is 6.67. The van der Waals surface area contributed by atoms with Gasteiger partial charge in [0.15, 0.2) is 0 Å². The minimum absolute atomic E-state index is 0.592. The molecule has 1 saturated heterocycles. The Morgan fingerprint density at radius 2 is 2.06 bits per heavy atom. The third-order valence-electron chi connectivity index (χ3n) is 4.16. The van der Waals surface area contributed by atoms with Gasteiger partial charge in [0, 0.05) is 43.3 Å². The summed E-state index contributed by atoms with van der Waals surface area (Å²) in [6.07, 6.45) is 8.06. The van der Waals surface area contributed by atoms with Crippen LogP contribution in [0, 0.1) is 11.8 Å². The normalized spacial score (nSPS) is 28.4.